The van der Waals surface area contributed by atoms with E-state index in [0.29, 0.717) is 37.7 Å². The molecule has 0 bridgehead atoms. The molecule has 33 heavy (non-hydrogen) atoms. The zero-order chi connectivity index (χ0) is 23.4. The average molecular weight is 451 g/mol. The minimum atomic E-state index is -0.628. The molecule has 1 aliphatic rings. The third-order valence-electron chi connectivity index (χ3n) is 5.68. The van der Waals surface area contributed by atoms with Crippen LogP contribution in [0.1, 0.15) is 12.5 Å². The molecule has 0 N–H and O–H groups in total. The van der Waals surface area contributed by atoms with Crippen LogP contribution in [0.5, 0.6) is 11.5 Å². The van der Waals surface area contributed by atoms with Crippen LogP contribution in [0, 0.1) is 12.7 Å². The van der Waals surface area contributed by atoms with E-state index >= 15 is 0 Å². The van der Waals surface area contributed by atoms with Crippen molar-refractivity contribution < 1.29 is 18.7 Å². The molecule has 0 spiro atoms. The normalized spacial score (nSPS) is 14.7. The highest BCUT2D eigenvalue weighted by atomic mass is 19.1. The van der Waals surface area contributed by atoms with E-state index in [-0.39, 0.29) is 11.7 Å². The zero-order valence-electron chi connectivity index (χ0n) is 19.0. The lowest BCUT2D eigenvalue weighted by Crippen LogP contribution is -2.52. The van der Waals surface area contributed by atoms with Crippen LogP contribution in [0.3, 0.4) is 0 Å². The molecule has 8 heteroatoms. The Kier molecular flexibility index (Phi) is 6.72. The molecule has 0 radical (unpaired) electrons. The van der Waals surface area contributed by atoms with Crippen molar-refractivity contribution in [3.8, 4) is 22.8 Å². The molecule has 3 aromatic rings. The molecule has 1 aliphatic heterocycles. The minimum Gasteiger partial charge on any atom is -0.493 e. The highest BCUT2D eigenvalue weighted by Gasteiger charge is 2.27. The van der Waals surface area contributed by atoms with Gasteiger partial charge in [-0.2, -0.15) is 0 Å². The largest absolute Gasteiger partial charge is 0.493 e. The number of nitrogens with zero attached hydrogens (tertiary/aromatic N) is 4. The highest BCUT2D eigenvalue weighted by molar-refractivity contribution is 5.81. The molecule has 1 amide bonds. The molecule has 0 aliphatic carbocycles. The first kappa shape index (κ1) is 22.5. The van der Waals surface area contributed by atoms with Crippen molar-refractivity contribution in [3.63, 3.8) is 0 Å². The predicted octanol–water partition coefficient (Wildman–Crippen LogP) is 3.72. The van der Waals surface area contributed by atoms with Crippen molar-refractivity contribution >= 4 is 11.7 Å². The van der Waals surface area contributed by atoms with E-state index in [1.54, 1.807) is 26.2 Å². The van der Waals surface area contributed by atoms with E-state index in [0.717, 1.165) is 22.6 Å². The lowest BCUT2D eigenvalue weighted by Gasteiger charge is -2.36. The number of hydrogen-bond acceptors (Lipinski definition) is 6. The monoisotopic (exact) mass is 450 g/mol. The van der Waals surface area contributed by atoms with Gasteiger partial charge in [0.15, 0.2) is 17.6 Å². The van der Waals surface area contributed by atoms with E-state index < -0.39 is 6.10 Å². The van der Waals surface area contributed by atoms with Gasteiger partial charge in [0.25, 0.3) is 5.91 Å². The average Bonchev–Trinajstić information content (AvgIpc) is 2.85. The van der Waals surface area contributed by atoms with Gasteiger partial charge in [-0.15, -0.1) is 0 Å². The van der Waals surface area contributed by atoms with Gasteiger partial charge >= 0.3 is 0 Å². The van der Waals surface area contributed by atoms with Crippen molar-refractivity contribution in [3.05, 3.63) is 66.2 Å². The van der Waals surface area contributed by atoms with E-state index in [9.17, 15) is 9.18 Å². The number of aromatic nitrogens is 2. The summed E-state index contributed by atoms with van der Waals surface area (Å²) < 4.78 is 24.5. The zero-order valence-corrected chi connectivity index (χ0v) is 19.0. The second kappa shape index (κ2) is 9.85. The fourth-order valence-corrected chi connectivity index (χ4v) is 3.82. The van der Waals surface area contributed by atoms with Crippen LogP contribution in [0.4, 0.5) is 10.2 Å². The van der Waals surface area contributed by atoms with Gasteiger partial charge in [0.2, 0.25) is 0 Å². The second-order valence-corrected chi connectivity index (χ2v) is 8.00. The summed E-state index contributed by atoms with van der Waals surface area (Å²) in [5, 5.41) is 0. The molecule has 1 unspecified atom stereocenters. The molecular formula is C25H27FN4O3. The molecule has 172 valence electrons. The highest BCUT2D eigenvalue weighted by Crippen LogP contribution is 2.29. The summed E-state index contributed by atoms with van der Waals surface area (Å²) in [4.78, 5) is 25.6. The lowest BCUT2D eigenvalue weighted by atomic mass is 10.1. The van der Waals surface area contributed by atoms with E-state index in [1.807, 2.05) is 36.1 Å². The molecule has 1 fully saturated rings. The first-order chi connectivity index (χ1) is 15.9. The Bertz CT molecular complexity index is 1110. The summed E-state index contributed by atoms with van der Waals surface area (Å²) in [6.07, 6.45) is 0.883. The Morgan fingerprint density at radius 3 is 2.42 bits per heavy atom. The van der Waals surface area contributed by atoms with Crippen LogP contribution >= 0.6 is 0 Å². The predicted molar refractivity (Wildman–Crippen MR) is 124 cm³/mol. The minimum absolute atomic E-state index is 0.0630. The SMILES string of the molecule is COc1cc(C)ccc1OC(C)C(=O)N1CCN(c2cc(-c3ccc(F)cc3)ncn2)CC1. The molecule has 1 aromatic heterocycles. The number of aryl methyl sites for hydroxylation is 1. The van der Waals surface area contributed by atoms with Crippen LogP contribution < -0.4 is 14.4 Å². The van der Waals surface area contributed by atoms with Crippen LogP contribution in [-0.2, 0) is 4.79 Å². The molecule has 2 aromatic carbocycles. The first-order valence-corrected chi connectivity index (χ1v) is 10.9. The van der Waals surface area contributed by atoms with Gasteiger partial charge in [-0.25, -0.2) is 14.4 Å². The van der Waals surface area contributed by atoms with Crippen molar-refractivity contribution in [1.29, 1.82) is 0 Å². The summed E-state index contributed by atoms with van der Waals surface area (Å²) in [6, 6.07) is 13.7. The van der Waals surface area contributed by atoms with Crippen molar-refractivity contribution in [2.45, 2.75) is 20.0 Å². The van der Waals surface area contributed by atoms with E-state index in [2.05, 4.69) is 14.9 Å². The van der Waals surface area contributed by atoms with Crippen molar-refractivity contribution in [1.82, 2.24) is 14.9 Å². The third kappa shape index (κ3) is 5.22. The second-order valence-electron chi connectivity index (χ2n) is 8.00. The molecule has 4 rings (SSSR count). The van der Waals surface area contributed by atoms with Gasteiger partial charge in [0.1, 0.15) is 18.0 Å². The summed E-state index contributed by atoms with van der Waals surface area (Å²) in [5.41, 5.74) is 2.61. The van der Waals surface area contributed by atoms with Crippen LogP contribution in [0.25, 0.3) is 11.3 Å². The number of hydrogen-bond donors (Lipinski definition) is 0. The Morgan fingerprint density at radius 1 is 1.00 bits per heavy atom. The van der Waals surface area contributed by atoms with Gasteiger partial charge in [0.05, 0.1) is 12.8 Å². The smallest absolute Gasteiger partial charge is 0.263 e. The molecule has 2 heterocycles. The quantitative estimate of drug-likeness (QED) is 0.570. The summed E-state index contributed by atoms with van der Waals surface area (Å²) in [5.74, 6) is 1.60. The first-order valence-electron chi connectivity index (χ1n) is 10.9. The van der Waals surface area contributed by atoms with Crippen LogP contribution in [0.15, 0.2) is 54.9 Å². The van der Waals surface area contributed by atoms with Gasteiger partial charge in [-0.1, -0.05) is 6.07 Å². The maximum atomic E-state index is 13.2. The number of carbonyl (C=O) groups excluding carboxylic acids is 1. The molecule has 1 atom stereocenters. The number of anilines is 1. The van der Waals surface area contributed by atoms with Gasteiger partial charge in [-0.05, 0) is 55.8 Å². The van der Waals surface area contributed by atoms with Gasteiger partial charge in [-0.3, -0.25) is 4.79 Å². The summed E-state index contributed by atoms with van der Waals surface area (Å²) in [6.45, 7) is 6.15. The van der Waals surface area contributed by atoms with Crippen LogP contribution in [0.2, 0.25) is 0 Å². The van der Waals surface area contributed by atoms with E-state index in [1.165, 1.54) is 18.5 Å². The Morgan fingerprint density at radius 2 is 1.73 bits per heavy atom. The van der Waals surface area contributed by atoms with Gasteiger partial charge in [0, 0.05) is 37.8 Å². The summed E-state index contributed by atoms with van der Waals surface area (Å²) in [7, 11) is 1.59. The maximum Gasteiger partial charge on any atom is 0.263 e. The Hall–Kier alpha value is -3.68. The Balaban J connectivity index is 1.37. The number of amides is 1. The van der Waals surface area contributed by atoms with E-state index in [4.69, 9.17) is 9.47 Å². The molecule has 7 nitrogen and oxygen atoms in total. The van der Waals surface area contributed by atoms with Crippen LogP contribution in [-0.4, -0.2) is 60.2 Å². The fraction of sp³-hybridized carbons (Fsp3) is 0.320. The lowest BCUT2D eigenvalue weighted by molar-refractivity contribution is -0.138. The third-order valence-corrected chi connectivity index (χ3v) is 5.68. The Labute approximate surface area is 192 Å². The fourth-order valence-electron chi connectivity index (χ4n) is 3.82. The topological polar surface area (TPSA) is 67.8 Å². The molecular weight excluding hydrogens is 423 g/mol. The number of halogens is 1. The number of piperazine rings is 1. The van der Waals surface area contributed by atoms with Gasteiger partial charge < -0.3 is 19.3 Å². The molecule has 0 saturated carbocycles. The maximum absolute atomic E-state index is 13.2. The number of rotatable bonds is 6. The van der Waals surface area contributed by atoms with Crippen molar-refractivity contribution in [2.24, 2.45) is 0 Å². The number of carbonyl (C=O) groups is 1. The van der Waals surface area contributed by atoms with Crippen molar-refractivity contribution in [2.75, 3.05) is 38.2 Å². The number of ether oxygens (including phenoxy) is 2. The molecule has 1 saturated heterocycles. The standard InChI is InChI=1S/C25H27FN4O3/c1-17-4-9-22(23(14-17)32-3)33-18(2)25(31)30-12-10-29(11-13-30)24-15-21(27-16-28-24)19-5-7-20(26)8-6-19/h4-9,14-16,18H,10-13H2,1-3H3. The number of methoxy groups -OCH3 is 1. The number of benzene rings is 2. The summed E-state index contributed by atoms with van der Waals surface area (Å²) >= 11 is 0.